The number of anilines is 2. The minimum Gasteiger partial charge on any atom is -0.465 e. The normalized spacial score (nSPS) is 17.7. The van der Waals surface area contributed by atoms with Crippen molar-refractivity contribution in [2.24, 2.45) is 0 Å². The van der Waals surface area contributed by atoms with Crippen molar-refractivity contribution in [3.05, 3.63) is 60.0 Å². The van der Waals surface area contributed by atoms with Gasteiger partial charge in [0.2, 0.25) is 0 Å². The number of alkyl halides is 1. The molecule has 1 saturated heterocycles. The van der Waals surface area contributed by atoms with Gasteiger partial charge in [0.15, 0.2) is 6.79 Å². The molecule has 0 bridgehead atoms. The van der Waals surface area contributed by atoms with Crippen LogP contribution in [0.3, 0.4) is 0 Å². The second-order valence-electron chi connectivity index (χ2n) is 10.5. The lowest BCUT2D eigenvalue weighted by atomic mass is 10.2. The van der Waals surface area contributed by atoms with E-state index in [1.54, 1.807) is 22.0 Å². The Morgan fingerprint density at radius 3 is 2.69 bits per heavy atom. The van der Waals surface area contributed by atoms with Gasteiger partial charge in [-0.3, -0.25) is 9.69 Å². The zero-order valence-corrected chi connectivity index (χ0v) is 22.0. The van der Waals surface area contributed by atoms with E-state index in [0.29, 0.717) is 55.4 Å². The molecule has 3 aromatic rings. The average Bonchev–Trinajstić information content (AvgIpc) is 3.55. The topological polar surface area (TPSA) is 72.7 Å². The van der Waals surface area contributed by atoms with Crippen molar-refractivity contribution in [2.75, 3.05) is 36.3 Å². The van der Waals surface area contributed by atoms with Crippen LogP contribution in [-0.2, 0) is 11.3 Å². The van der Waals surface area contributed by atoms with Gasteiger partial charge in [-0.25, -0.2) is 14.1 Å². The Kier molecular flexibility index (Phi) is 6.81. The zero-order valence-electron chi connectivity index (χ0n) is 21.0. The van der Waals surface area contributed by atoms with Crippen LogP contribution in [0.15, 0.2) is 48.8 Å². The number of halogens is 1. The van der Waals surface area contributed by atoms with Crippen molar-refractivity contribution in [2.45, 2.75) is 44.8 Å². The fraction of sp³-hybridized carbons (Fsp3) is 0.423. The molecule has 5 rings (SSSR count). The molecule has 0 radical (unpaired) electrons. The number of pyridine rings is 1. The highest BCUT2D eigenvalue weighted by Crippen LogP contribution is 2.35. The molecular weight excluding hydrogens is 477 g/mol. The van der Waals surface area contributed by atoms with Gasteiger partial charge in [-0.1, -0.05) is 31.8 Å². The lowest BCUT2D eigenvalue weighted by Crippen LogP contribution is -2.25. The molecule has 2 aromatic heterocycles. The fourth-order valence-electron chi connectivity index (χ4n) is 4.37. The molecule has 8 nitrogen and oxygen atoms in total. The molecular formula is C26H32FN5O3Si. The van der Waals surface area contributed by atoms with E-state index in [1.807, 2.05) is 41.3 Å². The largest absolute Gasteiger partial charge is 0.465 e. The highest BCUT2D eigenvalue weighted by atomic mass is 28.3. The van der Waals surface area contributed by atoms with Crippen LogP contribution in [0.4, 0.5) is 15.9 Å². The van der Waals surface area contributed by atoms with Crippen LogP contribution in [0.2, 0.25) is 25.7 Å². The van der Waals surface area contributed by atoms with Gasteiger partial charge in [-0.15, -0.1) is 0 Å². The van der Waals surface area contributed by atoms with Gasteiger partial charge in [0, 0.05) is 27.4 Å². The van der Waals surface area contributed by atoms with E-state index in [4.69, 9.17) is 9.47 Å². The molecule has 1 amide bonds. The Hall–Kier alpha value is -3.24. The van der Waals surface area contributed by atoms with E-state index in [2.05, 4.69) is 29.7 Å². The molecule has 2 aliphatic rings. The van der Waals surface area contributed by atoms with Gasteiger partial charge in [0.25, 0.3) is 5.91 Å². The Bertz CT molecular complexity index is 1230. The Morgan fingerprint density at radius 1 is 1.17 bits per heavy atom. The maximum atomic E-state index is 13.5. The number of para-hydroxylation sites is 2. The molecule has 36 heavy (non-hydrogen) atoms. The fourth-order valence-corrected chi connectivity index (χ4v) is 5.13. The van der Waals surface area contributed by atoms with Gasteiger partial charge in [-0.2, -0.15) is 5.10 Å². The van der Waals surface area contributed by atoms with Crippen molar-refractivity contribution in [1.82, 2.24) is 14.8 Å². The third-order valence-electron chi connectivity index (χ3n) is 6.48. The van der Waals surface area contributed by atoms with Gasteiger partial charge in [-0.05, 0) is 36.7 Å². The molecule has 0 N–H and O–H groups in total. The standard InChI is InChI=1S/C26H32FN5O3Si/c1-36(2,3)13-12-34-18-35-24-7-5-4-6-23(24)31-17-22-21(26(31)33)16-32(29-22)20-8-9-25(28-14-20)30-11-10-19(27)15-30/h4-9,14,16,19H,10-13,15,17-18H2,1-3H3/t19-/m0/s1. The first kappa shape index (κ1) is 24.5. The molecule has 10 heteroatoms. The highest BCUT2D eigenvalue weighted by Gasteiger charge is 2.33. The van der Waals surface area contributed by atoms with Crippen molar-refractivity contribution < 1.29 is 18.7 Å². The summed E-state index contributed by atoms with van der Waals surface area (Å²) in [6, 6.07) is 12.3. The molecule has 0 saturated carbocycles. The van der Waals surface area contributed by atoms with Crippen LogP contribution in [-0.4, -0.2) is 61.4 Å². The summed E-state index contributed by atoms with van der Waals surface area (Å²) in [4.78, 5) is 21.4. The number of hydrogen-bond donors (Lipinski definition) is 0. The molecule has 2 aliphatic heterocycles. The van der Waals surface area contributed by atoms with E-state index in [1.165, 1.54) is 0 Å². The van der Waals surface area contributed by atoms with E-state index in [-0.39, 0.29) is 12.7 Å². The van der Waals surface area contributed by atoms with E-state index in [9.17, 15) is 9.18 Å². The van der Waals surface area contributed by atoms with Crippen molar-refractivity contribution >= 4 is 25.5 Å². The molecule has 0 unspecified atom stereocenters. The number of carbonyl (C=O) groups is 1. The number of rotatable bonds is 9. The monoisotopic (exact) mass is 509 g/mol. The maximum absolute atomic E-state index is 13.5. The van der Waals surface area contributed by atoms with Crippen LogP contribution >= 0.6 is 0 Å². The van der Waals surface area contributed by atoms with Gasteiger partial charge < -0.3 is 14.4 Å². The third-order valence-corrected chi connectivity index (χ3v) is 8.18. The predicted molar refractivity (Wildman–Crippen MR) is 140 cm³/mol. The van der Waals surface area contributed by atoms with E-state index in [0.717, 1.165) is 17.5 Å². The first-order chi connectivity index (χ1) is 17.3. The minimum atomic E-state index is -1.16. The summed E-state index contributed by atoms with van der Waals surface area (Å²) in [5, 5.41) is 4.64. The van der Waals surface area contributed by atoms with Crippen LogP contribution < -0.4 is 14.5 Å². The SMILES string of the molecule is C[Si](C)(C)CCOCOc1ccccc1N1Cc2nn(-c3ccc(N4CC[C@H](F)C4)nc3)cc2C1=O. The van der Waals surface area contributed by atoms with Gasteiger partial charge in [0.05, 0.1) is 41.9 Å². The number of amides is 1. The van der Waals surface area contributed by atoms with Crippen molar-refractivity contribution in [1.29, 1.82) is 0 Å². The maximum Gasteiger partial charge on any atom is 0.262 e. The van der Waals surface area contributed by atoms with Crippen LogP contribution in [0.25, 0.3) is 5.69 Å². The summed E-state index contributed by atoms with van der Waals surface area (Å²) in [6.45, 7) is 9.15. The first-order valence-electron chi connectivity index (χ1n) is 12.3. The zero-order chi connectivity index (χ0) is 25.3. The highest BCUT2D eigenvalue weighted by molar-refractivity contribution is 6.76. The van der Waals surface area contributed by atoms with Crippen LogP contribution in [0.1, 0.15) is 22.5 Å². The number of carbonyl (C=O) groups excluding carboxylic acids is 1. The summed E-state index contributed by atoms with van der Waals surface area (Å²) in [5.74, 6) is 1.23. The van der Waals surface area contributed by atoms with E-state index >= 15 is 0 Å². The third kappa shape index (κ3) is 5.29. The predicted octanol–water partition coefficient (Wildman–Crippen LogP) is 4.67. The summed E-state index contributed by atoms with van der Waals surface area (Å²) in [5.41, 5.74) is 2.71. The van der Waals surface area contributed by atoms with Crippen molar-refractivity contribution in [3.63, 3.8) is 0 Å². The number of benzene rings is 1. The van der Waals surface area contributed by atoms with Crippen LogP contribution in [0, 0.1) is 0 Å². The summed E-state index contributed by atoms with van der Waals surface area (Å²) >= 11 is 0. The van der Waals surface area contributed by atoms with Gasteiger partial charge in [0.1, 0.15) is 17.7 Å². The number of ether oxygens (including phenoxy) is 2. The molecule has 4 heterocycles. The lowest BCUT2D eigenvalue weighted by Gasteiger charge is -2.20. The second kappa shape index (κ2) is 10.0. The molecule has 1 aromatic carbocycles. The second-order valence-corrected chi connectivity index (χ2v) is 16.1. The quantitative estimate of drug-likeness (QED) is 0.237. The Labute approximate surface area is 211 Å². The number of nitrogens with zero attached hydrogens (tertiary/aromatic N) is 5. The Balaban J connectivity index is 1.24. The molecule has 0 spiro atoms. The summed E-state index contributed by atoms with van der Waals surface area (Å²) in [7, 11) is -1.16. The molecule has 0 aliphatic carbocycles. The average molecular weight is 510 g/mol. The summed E-state index contributed by atoms with van der Waals surface area (Å²) < 4.78 is 26.7. The first-order valence-corrected chi connectivity index (χ1v) is 16.0. The number of aromatic nitrogens is 3. The van der Waals surface area contributed by atoms with Gasteiger partial charge >= 0.3 is 0 Å². The molecule has 190 valence electrons. The number of hydrogen-bond acceptors (Lipinski definition) is 6. The molecule has 1 fully saturated rings. The van der Waals surface area contributed by atoms with Crippen molar-refractivity contribution in [3.8, 4) is 11.4 Å². The van der Waals surface area contributed by atoms with E-state index < -0.39 is 14.2 Å². The smallest absolute Gasteiger partial charge is 0.262 e. The summed E-state index contributed by atoms with van der Waals surface area (Å²) in [6.07, 6.45) is 3.18. The Morgan fingerprint density at radius 2 is 2.00 bits per heavy atom. The minimum absolute atomic E-state index is 0.123. The number of fused-ring (bicyclic) bond motifs is 1. The molecule has 1 atom stereocenters. The van der Waals surface area contributed by atoms with Crippen LogP contribution in [0.5, 0.6) is 5.75 Å². The lowest BCUT2D eigenvalue weighted by molar-refractivity contribution is 0.0223.